The van der Waals surface area contributed by atoms with Crippen LogP contribution in [0.15, 0.2) is 0 Å². The minimum Gasteiger partial charge on any atom is -0.317 e. The molecule has 104 valence electrons. The third-order valence-corrected chi connectivity index (χ3v) is 5.24. The number of nitrogens with one attached hydrogen (secondary N) is 1. The van der Waals surface area contributed by atoms with E-state index in [2.05, 4.69) is 15.1 Å². The Balaban J connectivity index is 1.40. The molecule has 2 heterocycles. The van der Waals surface area contributed by atoms with Crippen molar-refractivity contribution in [2.75, 3.05) is 32.7 Å². The van der Waals surface area contributed by atoms with Gasteiger partial charge in [-0.15, -0.1) is 0 Å². The minimum atomic E-state index is 0.106. The van der Waals surface area contributed by atoms with Crippen molar-refractivity contribution in [2.45, 2.75) is 44.6 Å². The van der Waals surface area contributed by atoms with Crippen LogP contribution in [0.5, 0.6) is 0 Å². The predicted octanol–water partition coefficient (Wildman–Crippen LogP) is 1.72. The lowest BCUT2D eigenvalue weighted by atomic mass is 9.67. The summed E-state index contributed by atoms with van der Waals surface area (Å²) in [6.07, 6.45) is 7.36. The molecule has 2 saturated heterocycles. The molecule has 1 aliphatic carbocycles. The first-order valence-electron chi connectivity index (χ1n) is 7.53. The van der Waals surface area contributed by atoms with Gasteiger partial charge in [0, 0.05) is 19.6 Å². The van der Waals surface area contributed by atoms with E-state index in [1.807, 2.05) is 0 Å². The predicted molar refractivity (Wildman–Crippen MR) is 70.4 cm³/mol. The van der Waals surface area contributed by atoms with Crippen LogP contribution in [0.4, 0.5) is 0 Å². The molecule has 0 atom stereocenters. The normalized spacial score (nSPS) is 30.5. The van der Waals surface area contributed by atoms with E-state index >= 15 is 0 Å². The van der Waals surface area contributed by atoms with Gasteiger partial charge in [0.05, 0.1) is 6.10 Å². The summed E-state index contributed by atoms with van der Waals surface area (Å²) in [6, 6.07) is 0. The molecule has 4 nitrogen and oxygen atoms in total. The fraction of sp³-hybridized carbons (Fsp3) is 1.00. The van der Waals surface area contributed by atoms with Crippen LogP contribution in [0.3, 0.4) is 0 Å². The van der Waals surface area contributed by atoms with Crippen molar-refractivity contribution < 1.29 is 10.1 Å². The fourth-order valence-corrected chi connectivity index (χ4v) is 4.09. The van der Waals surface area contributed by atoms with Crippen LogP contribution in [0, 0.1) is 11.3 Å². The SMILES string of the molecule is OOC1CCC2(CC1)CN(CC1CCNCC1)C2. The van der Waals surface area contributed by atoms with Crippen molar-refractivity contribution in [1.82, 2.24) is 10.2 Å². The smallest absolute Gasteiger partial charge is 0.0927 e. The zero-order valence-corrected chi connectivity index (χ0v) is 11.2. The van der Waals surface area contributed by atoms with E-state index < -0.39 is 0 Å². The highest BCUT2D eigenvalue weighted by Gasteiger charge is 2.45. The van der Waals surface area contributed by atoms with Crippen molar-refractivity contribution in [2.24, 2.45) is 11.3 Å². The summed E-state index contributed by atoms with van der Waals surface area (Å²) in [5, 5.41) is 12.1. The maximum absolute atomic E-state index is 8.70. The van der Waals surface area contributed by atoms with Crippen LogP contribution in [-0.4, -0.2) is 49.0 Å². The van der Waals surface area contributed by atoms with Gasteiger partial charge in [0.1, 0.15) is 0 Å². The Hall–Kier alpha value is -0.160. The summed E-state index contributed by atoms with van der Waals surface area (Å²) >= 11 is 0. The topological polar surface area (TPSA) is 44.7 Å². The summed E-state index contributed by atoms with van der Waals surface area (Å²) < 4.78 is 0. The third kappa shape index (κ3) is 2.72. The summed E-state index contributed by atoms with van der Waals surface area (Å²) in [7, 11) is 0. The van der Waals surface area contributed by atoms with E-state index in [1.165, 1.54) is 58.4 Å². The number of likely N-dealkylation sites (tertiary alicyclic amines) is 1. The van der Waals surface area contributed by atoms with E-state index in [0.29, 0.717) is 5.41 Å². The molecule has 3 rings (SSSR count). The molecule has 2 aliphatic heterocycles. The van der Waals surface area contributed by atoms with E-state index in [-0.39, 0.29) is 6.10 Å². The highest BCUT2D eigenvalue weighted by molar-refractivity contribution is 4.98. The van der Waals surface area contributed by atoms with Crippen LogP contribution in [0.1, 0.15) is 38.5 Å². The lowest BCUT2D eigenvalue weighted by molar-refractivity contribution is -0.289. The Bertz CT molecular complexity index is 263. The molecule has 1 spiro atoms. The van der Waals surface area contributed by atoms with Crippen LogP contribution < -0.4 is 5.32 Å². The second kappa shape index (κ2) is 5.45. The second-order valence-corrected chi connectivity index (χ2v) is 6.67. The van der Waals surface area contributed by atoms with Crippen LogP contribution in [0.25, 0.3) is 0 Å². The third-order valence-electron chi connectivity index (χ3n) is 5.24. The van der Waals surface area contributed by atoms with Gasteiger partial charge in [-0.3, -0.25) is 5.26 Å². The first-order chi connectivity index (χ1) is 8.80. The largest absolute Gasteiger partial charge is 0.317 e. The van der Waals surface area contributed by atoms with Crippen molar-refractivity contribution >= 4 is 0 Å². The summed E-state index contributed by atoms with van der Waals surface area (Å²) in [5.41, 5.74) is 0.571. The van der Waals surface area contributed by atoms with E-state index in [0.717, 1.165) is 18.8 Å². The zero-order chi connectivity index (χ0) is 12.4. The minimum absolute atomic E-state index is 0.106. The van der Waals surface area contributed by atoms with Gasteiger partial charge >= 0.3 is 0 Å². The maximum atomic E-state index is 8.70. The van der Waals surface area contributed by atoms with Crippen LogP contribution in [-0.2, 0) is 4.89 Å². The molecule has 3 fully saturated rings. The van der Waals surface area contributed by atoms with Crippen molar-refractivity contribution in [3.8, 4) is 0 Å². The molecule has 1 saturated carbocycles. The Morgan fingerprint density at radius 1 is 1.11 bits per heavy atom. The number of rotatable bonds is 3. The fourth-order valence-electron chi connectivity index (χ4n) is 4.09. The molecule has 4 heteroatoms. The average molecular weight is 254 g/mol. The van der Waals surface area contributed by atoms with Crippen LogP contribution in [0.2, 0.25) is 0 Å². The van der Waals surface area contributed by atoms with Gasteiger partial charge in [0.2, 0.25) is 0 Å². The van der Waals surface area contributed by atoms with Crippen molar-refractivity contribution in [1.29, 1.82) is 0 Å². The number of hydrogen-bond acceptors (Lipinski definition) is 4. The molecule has 0 radical (unpaired) electrons. The molecule has 0 amide bonds. The molecular formula is C14H26N2O2. The van der Waals surface area contributed by atoms with Gasteiger partial charge in [-0.05, 0) is 62.9 Å². The number of hydrogen-bond donors (Lipinski definition) is 2. The first kappa shape index (κ1) is 12.9. The first-order valence-corrected chi connectivity index (χ1v) is 7.53. The molecule has 0 unspecified atom stereocenters. The van der Waals surface area contributed by atoms with Crippen molar-refractivity contribution in [3.05, 3.63) is 0 Å². The highest BCUT2D eigenvalue weighted by Crippen LogP contribution is 2.44. The van der Waals surface area contributed by atoms with Gasteiger partial charge < -0.3 is 10.2 Å². The van der Waals surface area contributed by atoms with Gasteiger partial charge in [-0.2, -0.15) is 0 Å². The van der Waals surface area contributed by atoms with Gasteiger partial charge in [-0.1, -0.05) is 0 Å². The average Bonchev–Trinajstić information content (AvgIpc) is 2.39. The molecule has 0 aromatic carbocycles. The molecule has 0 aromatic rings. The second-order valence-electron chi connectivity index (χ2n) is 6.67. The Labute approximate surface area is 110 Å². The van der Waals surface area contributed by atoms with Gasteiger partial charge in [0.15, 0.2) is 0 Å². The molecule has 2 N–H and O–H groups in total. The standard InChI is InChI=1S/C14H26N2O2/c17-18-13-1-5-14(6-2-13)10-16(11-14)9-12-3-7-15-8-4-12/h12-13,15,17H,1-11H2. The highest BCUT2D eigenvalue weighted by atomic mass is 17.1. The van der Waals surface area contributed by atoms with Gasteiger partial charge in [-0.25, -0.2) is 4.89 Å². The Kier molecular flexibility index (Phi) is 3.89. The lowest BCUT2D eigenvalue weighted by Gasteiger charge is -2.54. The zero-order valence-electron chi connectivity index (χ0n) is 11.2. The number of nitrogens with zero attached hydrogens (tertiary/aromatic N) is 1. The molecule has 18 heavy (non-hydrogen) atoms. The summed E-state index contributed by atoms with van der Waals surface area (Å²) in [4.78, 5) is 7.13. The van der Waals surface area contributed by atoms with Crippen molar-refractivity contribution in [3.63, 3.8) is 0 Å². The van der Waals surface area contributed by atoms with E-state index in [1.54, 1.807) is 0 Å². The molecule has 0 aromatic heterocycles. The summed E-state index contributed by atoms with van der Waals surface area (Å²) in [5.74, 6) is 0.917. The molecule has 3 aliphatic rings. The monoisotopic (exact) mass is 254 g/mol. The number of piperidine rings is 1. The molecular weight excluding hydrogens is 228 g/mol. The maximum Gasteiger partial charge on any atom is 0.0927 e. The van der Waals surface area contributed by atoms with Crippen LogP contribution >= 0.6 is 0 Å². The van der Waals surface area contributed by atoms with E-state index in [9.17, 15) is 0 Å². The lowest BCUT2D eigenvalue weighted by Crippen LogP contribution is -2.59. The molecule has 0 bridgehead atoms. The van der Waals surface area contributed by atoms with Gasteiger partial charge in [0.25, 0.3) is 0 Å². The quantitative estimate of drug-likeness (QED) is 0.594. The van der Waals surface area contributed by atoms with E-state index in [4.69, 9.17) is 5.26 Å². The Morgan fingerprint density at radius 2 is 1.78 bits per heavy atom. The summed E-state index contributed by atoms with van der Waals surface area (Å²) in [6.45, 7) is 6.30. The Morgan fingerprint density at radius 3 is 2.39 bits per heavy atom.